The summed E-state index contributed by atoms with van der Waals surface area (Å²) in [5.74, 6) is -0.668. The van der Waals surface area contributed by atoms with Gasteiger partial charge in [-0.3, -0.25) is 15.7 Å². The molecule has 0 fully saturated rings. The first-order chi connectivity index (χ1) is 8.43. The van der Waals surface area contributed by atoms with E-state index in [1.807, 2.05) is 0 Å². The maximum atomic E-state index is 12.8. The van der Waals surface area contributed by atoms with Crippen LogP contribution in [0.1, 0.15) is 24.1 Å². The van der Waals surface area contributed by atoms with Gasteiger partial charge in [0.25, 0.3) is 0 Å². The average Bonchev–Trinajstić information content (AvgIpc) is 2.80. The smallest absolute Gasteiger partial charge is 0.321 e. The molecule has 0 saturated carbocycles. The summed E-state index contributed by atoms with van der Waals surface area (Å²) < 4.78 is 27.3. The molecule has 0 atom stereocenters. The third-order valence-corrected chi connectivity index (χ3v) is 2.89. The number of aromatic nitrogens is 2. The first-order valence-electron chi connectivity index (χ1n) is 5.40. The van der Waals surface area contributed by atoms with Crippen molar-refractivity contribution in [2.45, 2.75) is 26.6 Å². The van der Waals surface area contributed by atoms with Gasteiger partial charge in [-0.1, -0.05) is 0 Å². The predicted molar refractivity (Wildman–Crippen MR) is 61.8 cm³/mol. The van der Waals surface area contributed by atoms with E-state index in [2.05, 4.69) is 10.3 Å². The summed E-state index contributed by atoms with van der Waals surface area (Å²) in [4.78, 5) is 4.53. The van der Waals surface area contributed by atoms with Crippen molar-refractivity contribution < 1.29 is 8.78 Å². The van der Waals surface area contributed by atoms with Gasteiger partial charge in [0.15, 0.2) is 11.7 Å². The molecule has 2 heterocycles. The summed E-state index contributed by atoms with van der Waals surface area (Å²) in [5.41, 5.74) is 1.67. The molecule has 0 radical (unpaired) electrons. The average molecular weight is 256 g/mol. The van der Waals surface area contributed by atoms with Crippen molar-refractivity contribution in [2.75, 3.05) is 0 Å². The molecule has 8 heteroatoms. The van der Waals surface area contributed by atoms with Crippen LogP contribution in [-0.4, -0.2) is 32.7 Å². The molecular formula is C10H14F2N6. The van der Waals surface area contributed by atoms with Crippen LogP contribution in [0.15, 0.2) is 0 Å². The number of nitrogens with one attached hydrogen (secondary N) is 3. The monoisotopic (exact) mass is 256 g/mol. The Morgan fingerprint density at radius 1 is 1.44 bits per heavy atom. The lowest BCUT2D eigenvalue weighted by atomic mass is 10.4. The molecule has 1 aromatic heterocycles. The van der Waals surface area contributed by atoms with E-state index >= 15 is 0 Å². The number of fused-ring (bicyclic) bond motifs is 1. The molecule has 0 amide bonds. The number of hydrogen-bond acceptors (Lipinski definition) is 4. The quantitative estimate of drug-likeness (QED) is 0.417. The largest absolute Gasteiger partial charge is 0.327 e. The Hall–Kier alpha value is -1.83. The molecule has 0 aromatic carbocycles. The Morgan fingerprint density at radius 2 is 2.11 bits per heavy atom. The summed E-state index contributed by atoms with van der Waals surface area (Å²) >= 11 is 0. The van der Waals surface area contributed by atoms with Gasteiger partial charge in [-0.25, -0.2) is 4.98 Å². The van der Waals surface area contributed by atoms with E-state index in [9.17, 15) is 8.78 Å². The fourth-order valence-corrected chi connectivity index (χ4v) is 1.98. The van der Waals surface area contributed by atoms with Gasteiger partial charge in [-0.05, 0) is 6.92 Å². The Kier molecular flexibility index (Phi) is 3.12. The molecule has 6 nitrogen and oxygen atoms in total. The zero-order valence-electron chi connectivity index (χ0n) is 10.1. The molecule has 2 rings (SSSR count). The fraction of sp³-hybridized carbons (Fsp3) is 0.500. The van der Waals surface area contributed by atoms with Gasteiger partial charge in [0.1, 0.15) is 5.84 Å². The summed E-state index contributed by atoms with van der Waals surface area (Å²) in [5, 5.41) is 18.2. The van der Waals surface area contributed by atoms with E-state index < -0.39 is 12.4 Å². The highest BCUT2D eigenvalue weighted by Gasteiger charge is 2.28. The van der Waals surface area contributed by atoms with E-state index in [0.717, 1.165) is 11.4 Å². The van der Waals surface area contributed by atoms with E-state index in [0.29, 0.717) is 18.0 Å². The van der Waals surface area contributed by atoms with Crippen LogP contribution in [0.4, 0.5) is 8.78 Å². The lowest BCUT2D eigenvalue weighted by molar-refractivity contribution is 0.0611. The molecule has 1 aromatic rings. The molecule has 18 heavy (non-hydrogen) atoms. The van der Waals surface area contributed by atoms with Gasteiger partial charge in [0.05, 0.1) is 11.4 Å². The molecule has 1 aliphatic heterocycles. The van der Waals surface area contributed by atoms with Crippen LogP contribution in [-0.2, 0) is 20.1 Å². The van der Waals surface area contributed by atoms with Gasteiger partial charge in [-0.15, -0.1) is 0 Å². The predicted octanol–water partition coefficient (Wildman–Crippen LogP) is 0.870. The van der Waals surface area contributed by atoms with Crippen LogP contribution in [0, 0.1) is 10.8 Å². The highest BCUT2D eigenvalue weighted by molar-refractivity contribution is 6.04. The lowest BCUT2D eigenvalue weighted by Crippen LogP contribution is -2.40. The number of imidazole rings is 1. The van der Waals surface area contributed by atoms with Crippen LogP contribution in [0.3, 0.4) is 0 Å². The molecule has 3 N–H and O–H groups in total. The number of hydrogen-bond donors (Lipinski definition) is 3. The normalized spacial score (nSPS) is 13.8. The second-order valence-corrected chi connectivity index (χ2v) is 4.07. The first-order valence-corrected chi connectivity index (χ1v) is 5.40. The van der Waals surface area contributed by atoms with Crippen LogP contribution >= 0.6 is 0 Å². The van der Waals surface area contributed by atoms with Crippen LogP contribution in [0.2, 0.25) is 0 Å². The fourth-order valence-electron chi connectivity index (χ4n) is 1.98. The first kappa shape index (κ1) is 12.6. The summed E-state index contributed by atoms with van der Waals surface area (Å²) in [6.07, 6.45) is 0. The highest BCUT2D eigenvalue weighted by Crippen LogP contribution is 2.18. The highest BCUT2D eigenvalue weighted by atomic mass is 19.3. The van der Waals surface area contributed by atoms with Crippen molar-refractivity contribution >= 4 is 11.7 Å². The molecule has 0 saturated heterocycles. The van der Waals surface area contributed by atoms with Crippen molar-refractivity contribution in [3.63, 3.8) is 0 Å². The van der Waals surface area contributed by atoms with Crippen LogP contribution < -0.4 is 5.32 Å². The van der Waals surface area contributed by atoms with E-state index in [1.165, 1.54) is 6.92 Å². The number of alkyl halides is 2. The SMILES string of the molecule is CC(=N)N(C(=N)c1nc2c(n1C)CNC2)C(F)F. The Labute approximate surface area is 103 Å². The second kappa shape index (κ2) is 4.45. The standard InChI is InChI=1S/C10H14F2N6/c1-5(13)18(10(11)12)8(14)9-16-6-3-15-4-7(6)17(9)2/h10,13-15H,3-4H2,1-2H3. The molecule has 0 unspecified atom stereocenters. The number of halogens is 2. The van der Waals surface area contributed by atoms with Crippen molar-refractivity contribution in [1.82, 2.24) is 19.8 Å². The zero-order valence-corrected chi connectivity index (χ0v) is 10.1. The number of nitrogens with zero attached hydrogens (tertiary/aromatic N) is 3. The molecule has 98 valence electrons. The lowest BCUT2D eigenvalue weighted by Gasteiger charge is -2.22. The zero-order chi connectivity index (χ0) is 13.4. The van der Waals surface area contributed by atoms with Gasteiger partial charge in [0, 0.05) is 20.1 Å². The Balaban J connectivity index is 2.37. The molecular weight excluding hydrogens is 242 g/mol. The number of rotatable bonds is 2. The third kappa shape index (κ3) is 1.88. The van der Waals surface area contributed by atoms with E-state index in [4.69, 9.17) is 10.8 Å². The maximum absolute atomic E-state index is 12.8. The Bertz CT molecular complexity index is 507. The van der Waals surface area contributed by atoms with Gasteiger partial charge < -0.3 is 9.88 Å². The molecule has 0 bridgehead atoms. The minimum Gasteiger partial charge on any atom is -0.327 e. The summed E-state index contributed by atoms with van der Waals surface area (Å²) in [7, 11) is 1.69. The summed E-state index contributed by atoms with van der Waals surface area (Å²) in [6, 6.07) is 0. The van der Waals surface area contributed by atoms with Crippen molar-refractivity contribution in [1.29, 1.82) is 10.8 Å². The molecule has 1 aliphatic rings. The topological polar surface area (TPSA) is 80.8 Å². The Morgan fingerprint density at radius 3 is 2.61 bits per heavy atom. The maximum Gasteiger partial charge on any atom is 0.321 e. The van der Waals surface area contributed by atoms with E-state index in [-0.39, 0.29) is 11.7 Å². The van der Waals surface area contributed by atoms with E-state index in [1.54, 1.807) is 11.6 Å². The minimum absolute atomic E-state index is 0.161. The van der Waals surface area contributed by atoms with Gasteiger partial charge in [-0.2, -0.15) is 8.78 Å². The van der Waals surface area contributed by atoms with Crippen molar-refractivity contribution in [3.8, 4) is 0 Å². The summed E-state index contributed by atoms with van der Waals surface area (Å²) in [6.45, 7) is -0.502. The van der Waals surface area contributed by atoms with Gasteiger partial charge >= 0.3 is 6.55 Å². The minimum atomic E-state index is -2.92. The molecule has 0 spiro atoms. The third-order valence-electron chi connectivity index (χ3n) is 2.89. The second-order valence-electron chi connectivity index (χ2n) is 4.07. The molecule has 0 aliphatic carbocycles. The van der Waals surface area contributed by atoms with Crippen LogP contribution in [0.25, 0.3) is 0 Å². The van der Waals surface area contributed by atoms with Crippen molar-refractivity contribution in [2.24, 2.45) is 7.05 Å². The van der Waals surface area contributed by atoms with Crippen LogP contribution in [0.5, 0.6) is 0 Å². The van der Waals surface area contributed by atoms with Gasteiger partial charge in [0.2, 0.25) is 0 Å². The van der Waals surface area contributed by atoms with Crippen molar-refractivity contribution in [3.05, 3.63) is 17.2 Å². The number of amidine groups is 2.